The Morgan fingerprint density at radius 2 is 1.82 bits per heavy atom. The van der Waals surface area contributed by atoms with Gasteiger partial charge in [0.2, 0.25) is 6.79 Å². The van der Waals surface area contributed by atoms with Crippen LogP contribution in [0.15, 0.2) is 36.5 Å². The van der Waals surface area contributed by atoms with Crippen LogP contribution in [0.4, 0.5) is 11.4 Å². The standard InChI is InChI=1S/C20H21N3O5/c24-19(22-14-1-4-17-18(11-14)26-13-25-17)16-3-2-15(12-21-16)23-7-5-20(6-8-23)27-9-10-28-20/h1-4,11-12H,5-10,13H2,(H,22,24). The lowest BCUT2D eigenvalue weighted by Crippen LogP contribution is -2.45. The minimum Gasteiger partial charge on any atom is -0.454 e. The number of rotatable bonds is 3. The van der Waals surface area contributed by atoms with E-state index in [9.17, 15) is 4.79 Å². The number of aromatic nitrogens is 1. The van der Waals surface area contributed by atoms with Crippen LogP contribution in [0.3, 0.4) is 0 Å². The van der Waals surface area contributed by atoms with Crippen molar-refractivity contribution in [3.63, 3.8) is 0 Å². The minimum atomic E-state index is -0.394. The first-order valence-electron chi connectivity index (χ1n) is 9.41. The van der Waals surface area contributed by atoms with Crippen molar-refractivity contribution < 1.29 is 23.7 Å². The monoisotopic (exact) mass is 383 g/mol. The highest BCUT2D eigenvalue weighted by atomic mass is 16.7. The molecule has 4 heterocycles. The summed E-state index contributed by atoms with van der Waals surface area (Å²) in [4.78, 5) is 19.1. The van der Waals surface area contributed by atoms with E-state index in [-0.39, 0.29) is 12.7 Å². The van der Waals surface area contributed by atoms with Crippen molar-refractivity contribution in [1.82, 2.24) is 4.98 Å². The van der Waals surface area contributed by atoms with Gasteiger partial charge in [0.15, 0.2) is 17.3 Å². The predicted molar refractivity (Wildman–Crippen MR) is 101 cm³/mol. The maximum absolute atomic E-state index is 12.5. The molecule has 0 radical (unpaired) electrons. The number of carbonyl (C=O) groups is 1. The molecule has 1 aromatic carbocycles. The van der Waals surface area contributed by atoms with Crippen LogP contribution in [0.25, 0.3) is 0 Å². The number of piperidine rings is 1. The average Bonchev–Trinajstić information content (AvgIpc) is 3.38. The van der Waals surface area contributed by atoms with Crippen LogP contribution < -0.4 is 19.7 Å². The van der Waals surface area contributed by atoms with Crippen molar-refractivity contribution in [3.05, 3.63) is 42.2 Å². The van der Waals surface area contributed by atoms with Gasteiger partial charge >= 0.3 is 0 Å². The Morgan fingerprint density at radius 1 is 1.04 bits per heavy atom. The van der Waals surface area contributed by atoms with E-state index in [0.717, 1.165) is 31.6 Å². The van der Waals surface area contributed by atoms with E-state index < -0.39 is 5.79 Å². The Kier molecular flexibility index (Phi) is 4.29. The fourth-order valence-corrected chi connectivity index (χ4v) is 3.77. The number of hydrogen-bond donors (Lipinski definition) is 1. The lowest BCUT2D eigenvalue weighted by molar-refractivity contribution is -0.169. The lowest BCUT2D eigenvalue weighted by atomic mass is 10.0. The summed E-state index contributed by atoms with van der Waals surface area (Å²) in [6.45, 7) is 3.23. The van der Waals surface area contributed by atoms with Crippen LogP contribution >= 0.6 is 0 Å². The quantitative estimate of drug-likeness (QED) is 0.871. The summed E-state index contributed by atoms with van der Waals surface area (Å²) in [5, 5.41) is 2.84. The first-order chi connectivity index (χ1) is 13.7. The lowest BCUT2D eigenvalue weighted by Gasteiger charge is -2.38. The van der Waals surface area contributed by atoms with Crippen molar-refractivity contribution in [2.24, 2.45) is 0 Å². The highest BCUT2D eigenvalue weighted by Crippen LogP contribution is 2.35. The Labute approximate surface area is 162 Å². The van der Waals surface area contributed by atoms with Gasteiger partial charge in [-0.05, 0) is 24.3 Å². The van der Waals surface area contributed by atoms with Gasteiger partial charge in [0.1, 0.15) is 5.69 Å². The van der Waals surface area contributed by atoms with E-state index >= 15 is 0 Å². The van der Waals surface area contributed by atoms with Gasteiger partial charge in [-0.25, -0.2) is 4.98 Å². The zero-order valence-corrected chi connectivity index (χ0v) is 15.3. The van der Waals surface area contributed by atoms with Gasteiger partial charge in [0, 0.05) is 37.7 Å². The van der Waals surface area contributed by atoms with Gasteiger partial charge < -0.3 is 29.2 Å². The summed E-state index contributed by atoms with van der Waals surface area (Å²) in [7, 11) is 0. The number of ether oxygens (including phenoxy) is 4. The summed E-state index contributed by atoms with van der Waals surface area (Å²) >= 11 is 0. The fraction of sp³-hybridized carbons (Fsp3) is 0.400. The van der Waals surface area contributed by atoms with Crippen LogP contribution in [0.2, 0.25) is 0 Å². The molecular formula is C20H21N3O5. The van der Waals surface area contributed by atoms with Crippen molar-refractivity contribution in [2.75, 3.05) is 43.3 Å². The van der Waals surface area contributed by atoms with Gasteiger partial charge in [-0.15, -0.1) is 0 Å². The Hall–Kier alpha value is -2.84. The van der Waals surface area contributed by atoms with Gasteiger partial charge in [0.05, 0.1) is 25.1 Å². The average molecular weight is 383 g/mol. The number of fused-ring (bicyclic) bond motifs is 1. The van der Waals surface area contributed by atoms with E-state index in [1.807, 2.05) is 6.07 Å². The number of benzene rings is 1. The topological polar surface area (TPSA) is 82.2 Å². The maximum Gasteiger partial charge on any atom is 0.274 e. The molecule has 0 saturated carbocycles. The first kappa shape index (κ1) is 17.3. The van der Waals surface area contributed by atoms with Gasteiger partial charge in [-0.3, -0.25) is 4.79 Å². The number of anilines is 2. The third kappa shape index (κ3) is 3.25. The number of nitrogens with one attached hydrogen (secondary N) is 1. The summed E-state index contributed by atoms with van der Waals surface area (Å²) in [6, 6.07) is 8.96. The normalized spacial score (nSPS) is 19.8. The number of amides is 1. The van der Waals surface area contributed by atoms with Crippen LogP contribution in [0.1, 0.15) is 23.3 Å². The molecule has 5 rings (SSSR count). The molecule has 1 spiro atoms. The zero-order valence-electron chi connectivity index (χ0n) is 15.3. The van der Waals surface area contributed by atoms with Gasteiger partial charge in [0.25, 0.3) is 5.91 Å². The Morgan fingerprint density at radius 3 is 2.57 bits per heavy atom. The summed E-state index contributed by atoms with van der Waals surface area (Å²) in [5.41, 5.74) is 1.99. The third-order valence-electron chi connectivity index (χ3n) is 5.31. The molecule has 8 heteroatoms. The van der Waals surface area contributed by atoms with Crippen molar-refractivity contribution >= 4 is 17.3 Å². The molecule has 2 fully saturated rings. The highest BCUT2D eigenvalue weighted by Gasteiger charge is 2.39. The smallest absolute Gasteiger partial charge is 0.274 e. The van der Waals surface area contributed by atoms with Crippen molar-refractivity contribution in [1.29, 1.82) is 0 Å². The van der Waals surface area contributed by atoms with Crippen LogP contribution in [-0.2, 0) is 9.47 Å². The van der Waals surface area contributed by atoms with E-state index in [1.165, 1.54) is 0 Å². The molecule has 146 valence electrons. The number of hydrogen-bond acceptors (Lipinski definition) is 7. The van der Waals surface area contributed by atoms with Crippen molar-refractivity contribution in [2.45, 2.75) is 18.6 Å². The molecule has 1 amide bonds. The van der Waals surface area contributed by atoms with Crippen LogP contribution in [-0.4, -0.2) is 49.8 Å². The summed E-state index contributed by atoms with van der Waals surface area (Å²) < 4.78 is 22.1. The summed E-state index contributed by atoms with van der Waals surface area (Å²) in [6.07, 6.45) is 3.40. The van der Waals surface area contributed by atoms with E-state index in [4.69, 9.17) is 18.9 Å². The van der Waals surface area contributed by atoms with Gasteiger partial charge in [-0.2, -0.15) is 0 Å². The molecule has 1 aromatic heterocycles. The van der Waals surface area contributed by atoms with Crippen LogP contribution in [0.5, 0.6) is 11.5 Å². The fourth-order valence-electron chi connectivity index (χ4n) is 3.77. The summed E-state index contributed by atoms with van der Waals surface area (Å²) in [5.74, 6) is 0.640. The number of pyridine rings is 1. The number of carbonyl (C=O) groups excluding carboxylic acids is 1. The van der Waals surface area contributed by atoms with E-state index in [0.29, 0.717) is 36.1 Å². The maximum atomic E-state index is 12.5. The minimum absolute atomic E-state index is 0.200. The van der Waals surface area contributed by atoms with Crippen molar-refractivity contribution in [3.8, 4) is 11.5 Å². The Balaban J connectivity index is 1.22. The molecule has 2 saturated heterocycles. The molecule has 0 aliphatic carbocycles. The van der Waals surface area contributed by atoms with Crippen LogP contribution in [0, 0.1) is 0 Å². The second-order valence-corrected chi connectivity index (χ2v) is 7.02. The molecular weight excluding hydrogens is 362 g/mol. The largest absolute Gasteiger partial charge is 0.454 e. The first-order valence-corrected chi connectivity index (χ1v) is 9.41. The molecule has 8 nitrogen and oxygen atoms in total. The molecule has 28 heavy (non-hydrogen) atoms. The van der Waals surface area contributed by atoms with E-state index in [2.05, 4.69) is 15.2 Å². The Bertz CT molecular complexity index is 870. The molecule has 3 aliphatic heterocycles. The third-order valence-corrected chi connectivity index (χ3v) is 5.31. The number of nitrogens with zero attached hydrogens (tertiary/aromatic N) is 2. The second-order valence-electron chi connectivity index (χ2n) is 7.02. The van der Waals surface area contributed by atoms with Gasteiger partial charge in [-0.1, -0.05) is 0 Å². The molecule has 0 bridgehead atoms. The zero-order chi connectivity index (χ0) is 19.0. The molecule has 0 atom stereocenters. The molecule has 0 unspecified atom stereocenters. The SMILES string of the molecule is O=C(Nc1ccc2c(c1)OCO2)c1ccc(N2CCC3(CC2)OCCO3)cn1. The predicted octanol–water partition coefficient (Wildman–Crippen LogP) is 2.41. The molecule has 2 aromatic rings. The van der Waals surface area contributed by atoms with E-state index in [1.54, 1.807) is 30.5 Å². The second kappa shape index (κ2) is 6.96. The molecule has 1 N–H and O–H groups in total. The molecule has 3 aliphatic rings. The highest BCUT2D eigenvalue weighted by molar-refractivity contribution is 6.03.